The van der Waals surface area contributed by atoms with Crippen LogP contribution < -0.4 is 20.1 Å². The maximum absolute atomic E-state index is 12.7. The Morgan fingerprint density at radius 1 is 1.10 bits per heavy atom. The van der Waals surface area contributed by atoms with Crippen molar-refractivity contribution in [2.45, 2.75) is 11.8 Å². The van der Waals surface area contributed by atoms with Crippen LogP contribution >= 0.6 is 0 Å². The van der Waals surface area contributed by atoms with Gasteiger partial charge < -0.3 is 20.1 Å². The molecule has 0 radical (unpaired) electrons. The van der Waals surface area contributed by atoms with Crippen LogP contribution in [0.3, 0.4) is 0 Å². The summed E-state index contributed by atoms with van der Waals surface area (Å²) < 4.78 is 36.6. The summed E-state index contributed by atoms with van der Waals surface area (Å²) in [6.07, 6.45) is 0. The summed E-state index contributed by atoms with van der Waals surface area (Å²) in [6.45, 7) is 2.17. The molecule has 0 aromatic heterocycles. The van der Waals surface area contributed by atoms with Crippen molar-refractivity contribution in [1.29, 1.82) is 0 Å². The Balaban J connectivity index is 2.20. The van der Waals surface area contributed by atoms with Crippen LogP contribution in [-0.2, 0) is 14.8 Å². The van der Waals surface area contributed by atoms with Gasteiger partial charge in [-0.1, -0.05) is 6.07 Å². The Morgan fingerprint density at radius 3 is 2.47 bits per heavy atom. The first-order valence-electron chi connectivity index (χ1n) is 9.10. The molecule has 30 heavy (non-hydrogen) atoms. The Morgan fingerprint density at radius 2 is 1.83 bits per heavy atom. The molecule has 10 heteroatoms. The molecule has 0 saturated carbocycles. The van der Waals surface area contributed by atoms with Gasteiger partial charge in [-0.25, -0.2) is 12.7 Å². The van der Waals surface area contributed by atoms with Crippen LogP contribution in [0.4, 0.5) is 5.69 Å². The number of anilines is 1. The number of hydrogen-bond donors (Lipinski definition) is 2. The van der Waals surface area contributed by atoms with Crippen LogP contribution in [0, 0.1) is 0 Å². The summed E-state index contributed by atoms with van der Waals surface area (Å²) in [5.41, 5.74) is 0.575. The molecule has 0 atom stereocenters. The van der Waals surface area contributed by atoms with Crippen molar-refractivity contribution in [3.63, 3.8) is 0 Å². The molecule has 0 spiro atoms. The fourth-order valence-corrected chi connectivity index (χ4v) is 3.56. The van der Waals surface area contributed by atoms with Gasteiger partial charge in [-0.05, 0) is 37.3 Å². The second-order valence-electron chi connectivity index (χ2n) is 6.38. The molecular weight excluding hydrogens is 410 g/mol. The van der Waals surface area contributed by atoms with Crippen molar-refractivity contribution in [1.82, 2.24) is 9.62 Å². The average molecular weight is 436 g/mol. The van der Waals surface area contributed by atoms with Crippen LogP contribution in [0.25, 0.3) is 0 Å². The molecule has 0 heterocycles. The second kappa shape index (κ2) is 10.1. The van der Waals surface area contributed by atoms with Gasteiger partial charge in [0, 0.05) is 38.0 Å². The van der Waals surface area contributed by atoms with E-state index < -0.39 is 15.9 Å². The smallest absolute Gasteiger partial charge is 0.257 e. The minimum atomic E-state index is -3.81. The number of likely N-dealkylation sites (N-methyl/N-ethyl adjacent to an activating group) is 1. The van der Waals surface area contributed by atoms with Crippen LogP contribution in [0.15, 0.2) is 47.4 Å². The van der Waals surface area contributed by atoms with E-state index in [1.165, 1.54) is 39.4 Å². The van der Waals surface area contributed by atoms with E-state index in [0.29, 0.717) is 18.0 Å². The average Bonchev–Trinajstić information content (AvgIpc) is 2.72. The molecule has 2 amide bonds. The number of nitrogens with one attached hydrogen (secondary N) is 2. The molecule has 9 nitrogen and oxygen atoms in total. The molecule has 0 aliphatic rings. The number of ether oxygens (including phenoxy) is 2. The summed E-state index contributed by atoms with van der Waals surface area (Å²) in [4.78, 5) is 24.1. The number of hydrogen-bond acceptors (Lipinski definition) is 6. The van der Waals surface area contributed by atoms with Crippen molar-refractivity contribution in [2.75, 3.05) is 39.7 Å². The molecule has 2 aromatic rings. The highest BCUT2D eigenvalue weighted by molar-refractivity contribution is 7.89. The third kappa shape index (κ3) is 5.71. The fraction of sp³-hybridized carbons (Fsp3) is 0.300. The zero-order chi connectivity index (χ0) is 22.3. The molecule has 162 valence electrons. The van der Waals surface area contributed by atoms with Gasteiger partial charge in [0.2, 0.25) is 10.0 Å². The summed E-state index contributed by atoms with van der Waals surface area (Å²) in [5, 5.41) is 5.31. The van der Waals surface area contributed by atoms with Crippen molar-refractivity contribution >= 4 is 27.5 Å². The number of carbonyl (C=O) groups is 2. The first-order chi connectivity index (χ1) is 14.2. The predicted octanol–water partition coefficient (Wildman–Crippen LogP) is 1.71. The normalized spacial score (nSPS) is 11.1. The van der Waals surface area contributed by atoms with E-state index in [2.05, 4.69) is 10.6 Å². The highest BCUT2D eigenvalue weighted by Gasteiger charge is 2.24. The first kappa shape index (κ1) is 23.2. The lowest BCUT2D eigenvalue weighted by Crippen LogP contribution is -2.28. The number of amides is 2. The molecule has 0 bridgehead atoms. The standard InChI is InChI=1S/C20H25N3O6S/c1-5-21-19(24)13-29-16-8-6-7-15(12-16)22-20(25)14-9-10-17(28-4)18(11-14)30(26,27)23(2)3/h6-12H,5,13H2,1-4H3,(H,21,24)(H,22,25). The van der Waals surface area contributed by atoms with Gasteiger partial charge in [-0.3, -0.25) is 9.59 Å². The predicted molar refractivity (Wildman–Crippen MR) is 112 cm³/mol. The van der Waals surface area contributed by atoms with E-state index in [-0.39, 0.29) is 28.7 Å². The fourth-order valence-electron chi connectivity index (χ4n) is 2.48. The molecule has 2 N–H and O–H groups in total. The van der Waals surface area contributed by atoms with E-state index in [1.807, 2.05) is 6.92 Å². The van der Waals surface area contributed by atoms with E-state index in [1.54, 1.807) is 24.3 Å². The van der Waals surface area contributed by atoms with Gasteiger partial charge in [-0.2, -0.15) is 0 Å². The van der Waals surface area contributed by atoms with Crippen molar-refractivity contribution in [2.24, 2.45) is 0 Å². The third-order valence-electron chi connectivity index (χ3n) is 4.02. The molecule has 0 aliphatic heterocycles. The molecular formula is C20H25N3O6S. The Hall–Kier alpha value is -3.11. The lowest BCUT2D eigenvalue weighted by Gasteiger charge is -2.15. The van der Waals surface area contributed by atoms with Gasteiger partial charge >= 0.3 is 0 Å². The van der Waals surface area contributed by atoms with Crippen molar-refractivity contribution in [3.05, 3.63) is 48.0 Å². The van der Waals surface area contributed by atoms with Gasteiger partial charge in [0.05, 0.1) is 7.11 Å². The minimum absolute atomic E-state index is 0.110. The van der Waals surface area contributed by atoms with Gasteiger partial charge in [0.15, 0.2) is 6.61 Å². The van der Waals surface area contributed by atoms with Gasteiger partial charge in [-0.15, -0.1) is 0 Å². The van der Waals surface area contributed by atoms with E-state index in [9.17, 15) is 18.0 Å². The zero-order valence-corrected chi connectivity index (χ0v) is 18.1. The van der Waals surface area contributed by atoms with E-state index in [4.69, 9.17) is 9.47 Å². The number of rotatable bonds is 9. The third-order valence-corrected chi connectivity index (χ3v) is 5.86. The monoisotopic (exact) mass is 435 g/mol. The van der Waals surface area contributed by atoms with Crippen LogP contribution in [0.5, 0.6) is 11.5 Å². The van der Waals surface area contributed by atoms with Crippen LogP contribution in [-0.4, -0.2) is 58.9 Å². The number of benzene rings is 2. The quantitative estimate of drug-likeness (QED) is 0.620. The number of sulfonamides is 1. The molecule has 0 saturated heterocycles. The lowest BCUT2D eigenvalue weighted by molar-refractivity contribution is -0.122. The zero-order valence-electron chi connectivity index (χ0n) is 17.3. The molecule has 0 fully saturated rings. The Labute approximate surface area is 176 Å². The number of methoxy groups -OCH3 is 1. The highest BCUT2D eigenvalue weighted by atomic mass is 32.2. The maximum atomic E-state index is 12.7. The number of nitrogens with zero attached hydrogens (tertiary/aromatic N) is 1. The van der Waals surface area contributed by atoms with Gasteiger partial charge in [0.25, 0.3) is 11.8 Å². The maximum Gasteiger partial charge on any atom is 0.257 e. The second-order valence-corrected chi connectivity index (χ2v) is 8.50. The van der Waals surface area contributed by atoms with Gasteiger partial charge in [0.1, 0.15) is 16.4 Å². The largest absolute Gasteiger partial charge is 0.495 e. The Kier molecular flexibility index (Phi) is 7.79. The molecule has 2 rings (SSSR count). The topological polar surface area (TPSA) is 114 Å². The summed E-state index contributed by atoms with van der Waals surface area (Å²) in [5.74, 6) is -0.209. The van der Waals surface area contributed by atoms with E-state index in [0.717, 1.165) is 4.31 Å². The molecule has 0 unspecified atom stereocenters. The molecule has 2 aromatic carbocycles. The van der Waals surface area contributed by atoms with Crippen molar-refractivity contribution in [3.8, 4) is 11.5 Å². The lowest BCUT2D eigenvalue weighted by atomic mass is 10.2. The summed E-state index contributed by atoms with van der Waals surface area (Å²) in [6, 6.07) is 10.7. The molecule has 0 aliphatic carbocycles. The van der Waals surface area contributed by atoms with Crippen molar-refractivity contribution < 1.29 is 27.5 Å². The van der Waals surface area contributed by atoms with Crippen LogP contribution in [0.2, 0.25) is 0 Å². The highest BCUT2D eigenvalue weighted by Crippen LogP contribution is 2.27. The Bertz CT molecular complexity index is 1020. The number of carbonyl (C=O) groups excluding carboxylic acids is 2. The van der Waals surface area contributed by atoms with E-state index >= 15 is 0 Å². The van der Waals surface area contributed by atoms with Crippen LogP contribution in [0.1, 0.15) is 17.3 Å². The summed E-state index contributed by atoms with van der Waals surface area (Å²) >= 11 is 0. The summed E-state index contributed by atoms with van der Waals surface area (Å²) in [7, 11) is 0.345. The minimum Gasteiger partial charge on any atom is -0.495 e. The first-order valence-corrected chi connectivity index (χ1v) is 10.5. The SMILES string of the molecule is CCNC(=O)COc1cccc(NC(=O)c2ccc(OC)c(S(=O)(=O)N(C)C)c2)c1.